The molecule has 13 N–H and O–H groups in total. The number of nitrogens with zero attached hydrogens (tertiary/aromatic N) is 8. The number of hydrogen-bond donors (Lipinski definition) is 11. The maximum atomic E-state index is 14.3. The summed E-state index contributed by atoms with van der Waals surface area (Å²) in [5.74, 6) is -1.29. The van der Waals surface area contributed by atoms with Crippen molar-refractivity contribution < 1.29 is 104 Å². The van der Waals surface area contributed by atoms with E-state index in [1.54, 1.807) is 0 Å². The van der Waals surface area contributed by atoms with E-state index >= 15 is 0 Å². The zero-order valence-corrected chi connectivity index (χ0v) is 43.4. The molecule has 76 heavy (non-hydrogen) atoms. The number of anilines is 2. The minimum atomic E-state index is -6.20. The Morgan fingerprint density at radius 3 is 2.14 bits per heavy atom. The van der Waals surface area contributed by atoms with Gasteiger partial charge in [-0.05, 0) is 12.8 Å². The van der Waals surface area contributed by atoms with Crippen LogP contribution in [0.1, 0.15) is 38.4 Å². The molecular weight excluding hydrogens is 1110 g/mol. The first-order valence-electron chi connectivity index (χ1n) is 22.5. The first-order chi connectivity index (χ1) is 35.7. The molecule has 16 atom stereocenters. The SMILES string of the molecule is CCCOCC[C@H]1[C@@H](O)[C@H]([n+]2cn(C)c3c(=O)[nH]c(N)nc32)O[C@@H]1COP(=O)(O)OP(=O)(O)OP(=O)(O)OCC1O[C@@H](n2cnc3c(N)ncnc32)[C@H](OC)[C@@H]1P(=O)(O)OC[C@H]1O[C@@H](n2ccc(=O)[nH]c2=O)[C@H](O)[C@@H]1O. The van der Waals surface area contributed by atoms with Crippen LogP contribution < -0.4 is 32.8 Å². The highest BCUT2D eigenvalue weighted by molar-refractivity contribution is 7.66. The van der Waals surface area contributed by atoms with Crippen LogP contribution in [0.15, 0.2) is 45.6 Å². The van der Waals surface area contributed by atoms with Crippen molar-refractivity contribution in [2.45, 2.75) is 86.8 Å². The van der Waals surface area contributed by atoms with E-state index in [4.69, 9.17) is 48.7 Å². The molecule has 5 aromatic rings. The number of imidazole rings is 2. The van der Waals surface area contributed by atoms with Gasteiger partial charge in [-0.15, -0.1) is 0 Å². The number of nitrogen functional groups attached to an aromatic ring is 2. The summed E-state index contributed by atoms with van der Waals surface area (Å²) in [6, 6.07) is 0.929. The highest BCUT2D eigenvalue weighted by Crippen LogP contribution is 2.68. The van der Waals surface area contributed by atoms with Gasteiger partial charge in [0.05, 0.1) is 39.3 Å². The number of aromatic amines is 2. The second kappa shape index (κ2) is 22.6. The zero-order valence-electron chi connectivity index (χ0n) is 39.9. The van der Waals surface area contributed by atoms with Gasteiger partial charge < -0.3 is 74.6 Å². The molecule has 3 aliphatic rings. The summed E-state index contributed by atoms with van der Waals surface area (Å²) in [6.45, 7) is -0.951. The van der Waals surface area contributed by atoms with Gasteiger partial charge in [-0.25, -0.2) is 38.0 Å². The molecule has 420 valence electrons. The fraction of sp³-hybridized carbons (Fsp3) is 0.611. The van der Waals surface area contributed by atoms with Crippen molar-refractivity contribution in [3.63, 3.8) is 0 Å². The molecule has 5 aromatic heterocycles. The van der Waals surface area contributed by atoms with E-state index in [9.17, 15) is 67.5 Å². The maximum Gasteiger partial charge on any atom is 0.490 e. The molecule has 40 heteroatoms. The fourth-order valence-corrected chi connectivity index (χ4v) is 14.2. The van der Waals surface area contributed by atoms with Crippen molar-refractivity contribution >= 4 is 65.2 Å². The fourth-order valence-electron chi connectivity index (χ4n) is 8.90. The molecule has 5 unspecified atom stereocenters. The normalized spacial score (nSPS) is 30.1. The molecular formula is C36H53N12O24P4+. The molecule has 3 saturated heterocycles. The van der Waals surface area contributed by atoms with Crippen molar-refractivity contribution in [1.29, 1.82) is 0 Å². The summed E-state index contributed by atoms with van der Waals surface area (Å²) in [5.41, 5.74) is 7.39. The van der Waals surface area contributed by atoms with E-state index in [0.717, 1.165) is 36.6 Å². The Morgan fingerprint density at radius 2 is 1.47 bits per heavy atom. The van der Waals surface area contributed by atoms with E-state index in [1.807, 2.05) is 11.9 Å². The molecule has 0 bridgehead atoms. The van der Waals surface area contributed by atoms with Gasteiger partial charge in [-0.3, -0.25) is 46.9 Å². The van der Waals surface area contributed by atoms with Crippen molar-refractivity contribution in [3.8, 4) is 0 Å². The van der Waals surface area contributed by atoms with Crippen molar-refractivity contribution in [3.05, 3.63) is 62.4 Å². The van der Waals surface area contributed by atoms with E-state index in [2.05, 4.69) is 33.5 Å². The average Bonchev–Trinajstić information content (AvgIpc) is 4.20. The summed E-state index contributed by atoms with van der Waals surface area (Å²) < 4.78 is 111. The molecule has 0 radical (unpaired) electrons. The second-order valence-corrected chi connectivity index (χ2v) is 23.9. The van der Waals surface area contributed by atoms with Crippen molar-refractivity contribution in [2.75, 3.05) is 51.6 Å². The number of H-pyrrole nitrogens is 2. The van der Waals surface area contributed by atoms with Crippen LogP contribution in [0.25, 0.3) is 22.3 Å². The molecule has 0 spiro atoms. The number of phosphoric ester groups is 2. The van der Waals surface area contributed by atoms with E-state index < -0.39 is 141 Å². The van der Waals surface area contributed by atoms with Crippen LogP contribution in [0.4, 0.5) is 11.8 Å². The quantitative estimate of drug-likeness (QED) is 0.0180. The number of methoxy groups -OCH3 is 1. The van der Waals surface area contributed by atoms with Crippen molar-refractivity contribution in [1.82, 2.24) is 43.6 Å². The smallest absolute Gasteiger partial charge is 0.387 e. The molecule has 0 aromatic carbocycles. The molecule has 3 fully saturated rings. The number of nitrogens with one attached hydrogen (secondary N) is 2. The predicted molar refractivity (Wildman–Crippen MR) is 250 cm³/mol. The molecule has 8 heterocycles. The minimum Gasteiger partial charge on any atom is -0.387 e. The molecule has 0 aliphatic carbocycles. The monoisotopic (exact) mass is 1160 g/mol. The van der Waals surface area contributed by atoms with Gasteiger partial charge in [0.1, 0.15) is 54.1 Å². The lowest BCUT2D eigenvalue weighted by Gasteiger charge is -2.28. The van der Waals surface area contributed by atoms with Crippen LogP contribution in [-0.4, -0.2) is 167 Å². The summed E-state index contributed by atoms with van der Waals surface area (Å²) in [4.78, 5) is 101. The van der Waals surface area contributed by atoms with Crippen LogP contribution in [0, 0.1) is 5.92 Å². The number of aliphatic hydroxyl groups is 3. The lowest BCUT2D eigenvalue weighted by atomic mass is 9.95. The molecule has 0 saturated carbocycles. The summed E-state index contributed by atoms with van der Waals surface area (Å²) >= 11 is 0. The Balaban J connectivity index is 0.960. The highest BCUT2D eigenvalue weighted by atomic mass is 31.3. The molecule has 3 aliphatic heterocycles. The first-order valence-corrected chi connectivity index (χ1v) is 28.7. The standard InChI is InChI=1S/C36H52N12O24P4/c1-4-8-64-9-6-16-17(68-32(23(16)50)48-15-45(2)22-30(48)43-35(38)44-31(22)53)10-66-74(57,58)71-76(61,62)72-75(59,60)67-12-19-27(26(63-3)34(70-19)47-14-41-21-28(37)39-13-40-29(21)47)73(55,56)65-11-18-24(51)25(52)33(69-18)46-7-5-20(49)42-36(46)54/h5,7,13-19,23-27,32-34,50-52H,4,6,8-12H2,1-3H3,(H9-,37,38,39,40,42,43,44,49,53,54,55,56,57,58,59,60,61,62)/p+1/t16-,17-,18-,19?,23-,24-,25-,26-,27-,32-,33-,34-/m1/s1. The topological polar surface area (TPSA) is 507 Å². The average molecular weight is 1160 g/mol. The Morgan fingerprint density at radius 1 is 0.803 bits per heavy atom. The molecule has 36 nitrogen and oxygen atoms in total. The Bertz CT molecular complexity index is 3300. The number of aliphatic hydroxyl groups excluding tert-OH is 3. The van der Waals surface area contributed by atoms with Crippen LogP contribution in [0.2, 0.25) is 0 Å². The number of aromatic nitrogens is 10. The first kappa shape index (κ1) is 57.6. The number of rotatable bonds is 23. The van der Waals surface area contributed by atoms with E-state index in [0.29, 0.717) is 13.0 Å². The number of ether oxygens (including phenoxy) is 5. The summed E-state index contributed by atoms with van der Waals surface area (Å²) in [5, 5.41) is 33.0. The molecule has 8 rings (SSSR count). The number of nitrogens with two attached hydrogens (primary N) is 2. The van der Waals surface area contributed by atoms with Crippen LogP contribution in [0.3, 0.4) is 0 Å². The van der Waals surface area contributed by atoms with Crippen LogP contribution in [-0.2, 0) is 71.2 Å². The Kier molecular flexibility index (Phi) is 17.2. The van der Waals surface area contributed by atoms with Crippen molar-refractivity contribution in [2.24, 2.45) is 13.0 Å². The van der Waals surface area contributed by atoms with Gasteiger partial charge in [0.2, 0.25) is 11.7 Å². The number of phosphoric acid groups is 3. The van der Waals surface area contributed by atoms with Gasteiger partial charge >= 0.3 is 42.4 Å². The minimum absolute atomic E-state index is 0.00305. The van der Waals surface area contributed by atoms with E-state index in [-0.39, 0.29) is 47.1 Å². The maximum absolute atomic E-state index is 14.3. The van der Waals surface area contributed by atoms with Gasteiger partial charge in [0.15, 0.2) is 30.2 Å². The predicted octanol–water partition coefficient (Wildman–Crippen LogP) is -2.74. The second-order valence-electron chi connectivity index (χ2n) is 17.3. The Hall–Kier alpha value is -4.58. The summed E-state index contributed by atoms with van der Waals surface area (Å²) in [6.07, 6.45) is -10.8. The number of hydrogen-bond acceptors (Lipinski definition) is 26. The van der Waals surface area contributed by atoms with Gasteiger partial charge in [0.25, 0.3) is 17.1 Å². The van der Waals surface area contributed by atoms with Gasteiger partial charge in [0, 0.05) is 38.5 Å². The lowest BCUT2D eigenvalue weighted by molar-refractivity contribution is -0.745. The largest absolute Gasteiger partial charge is 0.490 e. The zero-order chi connectivity index (χ0) is 55.2. The van der Waals surface area contributed by atoms with Gasteiger partial charge in [-0.2, -0.15) is 8.62 Å². The van der Waals surface area contributed by atoms with E-state index in [1.165, 1.54) is 27.1 Å². The van der Waals surface area contributed by atoms with Crippen LogP contribution in [0.5, 0.6) is 0 Å². The highest BCUT2D eigenvalue weighted by Gasteiger charge is 2.58. The van der Waals surface area contributed by atoms with Crippen LogP contribution >= 0.6 is 31.1 Å². The molecule has 0 amide bonds. The number of fused-ring (bicyclic) bond motifs is 2. The Labute approximate surface area is 425 Å². The number of aryl methyl sites for hydroxylation is 1. The lowest BCUT2D eigenvalue weighted by Crippen LogP contribution is -2.45. The third kappa shape index (κ3) is 12.2. The summed E-state index contributed by atoms with van der Waals surface area (Å²) in [7, 11) is -20.7. The third-order valence-electron chi connectivity index (χ3n) is 12.3. The van der Waals surface area contributed by atoms with Gasteiger partial charge in [-0.1, -0.05) is 11.9 Å². The third-order valence-corrected chi connectivity index (χ3v) is 18.4.